The number of carbonyl (C=O) groups is 1. The number of nitrogens with one attached hydrogen (secondary N) is 2. The molecule has 6 nitrogen and oxygen atoms in total. The Bertz CT molecular complexity index is 903. The van der Waals surface area contributed by atoms with E-state index in [1.165, 1.54) is 12.8 Å². The molecule has 0 unspecified atom stereocenters. The summed E-state index contributed by atoms with van der Waals surface area (Å²) in [6.07, 6.45) is 8.00. The van der Waals surface area contributed by atoms with E-state index in [1.54, 1.807) is 6.20 Å². The molecule has 0 saturated heterocycles. The lowest BCUT2D eigenvalue weighted by Crippen LogP contribution is -2.49. The summed E-state index contributed by atoms with van der Waals surface area (Å²) in [6.45, 7) is 17.1. The Morgan fingerprint density at radius 3 is 2.52 bits per heavy atom. The Labute approximate surface area is 200 Å². The number of carbonyl (C=O) groups excluding carboxylic acids is 1. The second kappa shape index (κ2) is 11.0. The van der Waals surface area contributed by atoms with Crippen molar-refractivity contribution in [2.24, 2.45) is 5.92 Å². The number of pyridine rings is 1. The summed E-state index contributed by atoms with van der Waals surface area (Å²) in [5.74, 6) is 0.210. The minimum atomic E-state index is -1.86. The van der Waals surface area contributed by atoms with Gasteiger partial charge in [-0.15, -0.1) is 0 Å². The monoisotopic (exact) mass is 473 g/mol. The van der Waals surface area contributed by atoms with Gasteiger partial charge in [-0.3, -0.25) is 0 Å². The normalized spacial score (nSPS) is 19.6. The predicted octanol–water partition coefficient (Wildman–Crippen LogP) is 6.90. The number of hydrogen-bond donors (Lipinski definition) is 2. The van der Waals surface area contributed by atoms with E-state index in [-0.39, 0.29) is 5.97 Å². The van der Waals surface area contributed by atoms with Crippen LogP contribution in [0.1, 0.15) is 84.5 Å². The molecule has 2 aromatic rings. The fourth-order valence-electron chi connectivity index (χ4n) is 6.07. The molecular formula is C26H43N3O3Si. The van der Waals surface area contributed by atoms with Gasteiger partial charge in [-0.2, -0.15) is 0 Å². The topological polar surface area (TPSA) is 76.2 Å². The number of ether oxygens (including phenoxy) is 1. The molecular weight excluding hydrogens is 430 g/mol. The summed E-state index contributed by atoms with van der Waals surface area (Å²) in [4.78, 5) is 20.2. The molecule has 0 aliphatic heterocycles. The Morgan fingerprint density at radius 1 is 1.18 bits per heavy atom. The van der Waals surface area contributed by atoms with Crippen molar-refractivity contribution in [2.45, 2.75) is 96.8 Å². The summed E-state index contributed by atoms with van der Waals surface area (Å²) in [7, 11) is -1.86. The molecule has 2 atom stereocenters. The van der Waals surface area contributed by atoms with Crippen molar-refractivity contribution in [1.29, 1.82) is 0 Å². The number of hydrogen-bond acceptors (Lipinski definition) is 5. The van der Waals surface area contributed by atoms with Crippen molar-refractivity contribution in [3.8, 4) is 0 Å². The minimum absolute atomic E-state index is 0.300. The van der Waals surface area contributed by atoms with Crippen LogP contribution in [0, 0.1) is 5.92 Å². The lowest BCUT2D eigenvalue weighted by molar-refractivity contribution is 0.0527. The number of aromatic amines is 1. The van der Waals surface area contributed by atoms with Crippen molar-refractivity contribution in [1.82, 2.24) is 9.97 Å². The van der Waals surface area contributed by atoms with Crippen LogP contribution in [0.2, 0.25) is 16.6 Å². The van der Waals surface area contributed by atoms with Crippen LogP contribution in [0.5, 0.6) is 0 Å². The smallest absolute Gasteiger partial charge is 0.341 e. The number of anilines is 1. The molecule has 33 heavy (non-hydrogen) atoms. The minimum Gasteiger partial charge on any atom is -0.462 e. The van der Waals surface area contributed by atoms with Crippen molar-refractivity contribution in [3.05, 3.63) is 24.0 Å². The maximum atomic E-state index is 12.6. The van der Waals surface area contributed by atoms with E-state index in [1.807, 2.05) is 19.2 Å². The molecule has 0 aromatic carbocycles. The standard InChI is InChI=1S/C26H43N3O3Si/c1-8-31-26(30)23-15-28-25-22(12-13-27-25)24(23)29-21-11-9-10-20(14-21)16-32-33(17(2)3,18(4)5)19(6)7/h12-13,15,17-21H,8-11,14,16H2,1-7H3,(H2,27,28,29)/t20-,21-/m0/s1. The second-order valence-electron chi connectivity index (χ2n) is 10.5. The van der Waals surface area contributed by atoms with Gasteiger partial charge in [-0.1, -0.05) is 48.0 Å². The van der Waals surface area contributed by atoms with Gasteiger partial charge in [0.05, 0.1) is 12.3 Å². The molecule has 3 rings (SSSR count). The first-order chi connectivity index (χ1) is 15.7. The van der Waals surface area contributed by atoms with Crippen molar-refractivity contribution in [2.75, 3.05) is 18.5 Å². The number of fused-ring (bicyclic) bond motifs is 1. The van der Waals surface area contributed by atoms with Crippen LogP contribution in [0.25, 0.3) is 11.0 Å². The van der Waals surface area contributed by atoms with E-state index in [4.69, 9.17) is 9.16 Å². The van der Waals surface area contributed by atoms with Crippen LogP contribution in [-0.4, -0.2) is 43.5 Å². The number of esters is 1. The lowest BCUT2D eigenvalue weighted by Gasteiger charge is -2.43. The first kappa shape index (κ1) is 25.8. The maximum absolute atomic E-state index is 12.6. The van der Waals surface area contributed by atoms with Crippen LogP contribution in [0.15, 0.2) is 18.5 Å². The zero-order chi connectivity index (χ0) is 24.2. The van der Waals surface area contributed by atoms with Crippen molar-refractivity contribution >= 4 is 31.0 Å². The van der Waals surface area contributed by atoms with E-state index in [0.29, 0.717) is 40.8 Å². The summed E-state index contributed by atoms with van der Waals surface area (Å²) < 4.78 is 12.2. The number of H-pyrrole nitrogens is 1. The third kappa shape index (κ3) is 5.45. The molecule has 0 radical (unpaired) electrons. The molecule has 1 fully saturated rings. The Morgan fingerprint density at radius 2 is 1.88 bits per heavy atom. The zero-order valence-electron chi connectivity index (χ0n) is 21.5. The number of nitrogens with zero attached hydrogens (tertiary/aromatic N) is 1. The molecule has 7 heteroatoms. The van der Waals surface area contributed by atoms with Crippen LogP contribution >= 0.6 is 0 Å². The average Bonchev–Trinajstić information content (AvgIpc) is 3.23. The van der Waals surface area contributed by atoms with Crippen molar-refractivity contribution in [3.63, 3.8) is 0 Å². The highest BCUT2D eigenvalue weighted by molar-refractivity contribution is 6.77. The fourth-order valence-corrected chi connectivity index (χ4v) is 11.6. The number of rotatable bonds is 10. The van der Waals surface area contributed by atoms with Gasteiger partial charge in [0.1, 0.15) is 11.2 Å². The highest BCUT2D eigenvalue weighted by atomic mass is 28.4. The van der Waals surface area contributed by atoms with E-state index in [2.05, 4.69) is 56.8 Å². The van der Waals surface area contributed by atoms with Crippen LogP contribution in [-0.2, 0) is 9.16 Å². The summed E-state index contributed by atoms with van der Waals surface area (Å²) in [5.41, 5.74) is 3.92. The average molecular weight is 474 g/mol. The largest absolute Gasteiger partial charge is 0.462 e. The molecule has 184 valence electrons. The molecule has 0 bridgehead atoms. The van der Waals surface area contributed by atoms with E-state index < -0.39 is 8.32 Å². The fraction of sp³-hybridized carbons (Fsp3) is 0.692. The molecule has 2 N–H and O–H groups in total. The quantitative estimate of drug-likeness (QED) is 0.290. The third-order valence-electron chi connectivity index (χ3n) is 7.49. The van der Waals surface area contributed by atoms with Crippen molar-refractivity contribution < 1.29 is 14.0 Å². The third-order valence-corrected chi connectivity index (χ3v) is 13.6. The van der Waals surface area contributed by atoms with Gasteiger partial charge in [0, 0.05) is 30.4 Å². The summed E-state index contributed by atoms with van der Waals surface area (Å²) >= 11 is 0. The predicted molar refractivity (Wildman–Crippen MR) is 138 cm³/mol. The van der Waals surface area contributed by atoms with Gasteiger partial charge >= 0.3 is 5.97 Å². The first-order valence-corrected chi connectivity index (χ1v) is 14.9. The van der Waals surface area contributed by atoms with Gasteiger partial charge in [0.2, 0.25) is 0 Å². The van der Waals surface area contributed by atoms with Crippen LogP contribution < -0.4 is 5.32 Å². The molecule has 1 saturated carbocycles. The van der Waals surface area contributed by atoms with Gasteiger partial charge < -0.3 is 19.5 Å². The van der Waals surface area contributed by atoms with Gasteiger partial charge in [0.15, 0.2) is 8.32 Å². The molecule has 0 amide bonds. The van der Waals surface area contributed by atoms with E-state index in [0.717, 1.165) is 36.2 Å². The van der Waals surface area contributed by atoms with Gasteiger partial charge in [-0.05, 0) is 54.8 Å². The highest BCUT2D eigenvalue weighted by Crippen LogP contribution is 2.43. The summed E-state index contributed by atoms with van der Waals surface area (Å²) in [6, 6.07) is 2.28. The molecule has 2 heterocycles. The highest BCUT2D eigenvalue weighted by Gasteiger charge is 2.45. The second-order valence-corrected chi connectivity index (χ2v) is 16.0. The van der Waals surface area contributed by atoms with Crippen LogP contribution in [0.4, 0.5) is 5.69 Å². The maximum Gasteiger partial charge on any atom is 0.341 e. The zero-order valence-corrected chi connectivity index (χ0v) is 22.5. The molecule has 0 spiro atoms. The Kier molecular flexibility index (Phi) is 8.62. The lowest BCUT2D eigenvalue weighted by atomic mass is 9.86. The van der Waals surface area contributed by atoms with E-state index in [9.17, 15) is 4.79 Å². The van der Waals surface area contributed by atoms with Gasteiger partial charge in [-0.25, -0.2) is 9.78 Å². The van der Waals surface area contributed by atoms with E-state index >= 15 is 0 Å². The Balaban J connectivity index is 1.75. The SMILES string of the molecule is CCOC(=O)c1cnc2[nH]ccc2c1N[C@H]1CCC[C@H](CO[Si](C(C)C)(C(C)C)C(C)C)C1. The molecule has 1 aliphatic rings. The van der Waals surface area contributed by atoms with Gasteiger partial charge in [0.25, 0.3) is 0 Å². The first-order valence-electron chi connectivity index (χ1n) is 12.7. The molecule has 1 aliphatic carbocycles. The van der Waals surface area contributed by atoms with Crippen LogP contribution in [0.3, 0.4) is 0 Å². The number of aromatic nitrogens is 2. The Hall–Kier alpha value is -1.86. The molecule has 2 aromatic heterocycles. The summed E-state index contributed by atoms with van der Waals surface area (Å²) in [5, 5.41) is 4.64.